The maximum atomic E-state index is 15.9. The van der Waals surface area contributed by atoms with Crippen LogP contribution in [-0.4, -0.2) is 42.0 Å². The number of hydrogen-bond acceptors (Lipinski definition) is 6. The van der Waals surface area contributed by atoms with E-state index < -0.39 is 17.7 Å². The van der Waals surface area contributed by atoms with E-state index in [1.165, 1.54) is 6.33 Å². The van der Waals surface area contributed by atoms with E-state index in [0.717, 1.165) is 31.1 Å². The molecule has 3 fully saturated rings. The molecule has 2 unspecified atom stereocenters. The lowest BCUT2D eigenvalue weighted by Gasteiger charge is -2.47. The second-order valence-corrected chi connectivity index (χ2v) is 9.12. The molecule has 0 aliphatic heterocycles. The highest BCUT2D eigenvalue weighted by molar-refractivity contribution is 5.91. The third-order valence-electron chi connectivity index (χ3n) is 7.30. The minimum absolute atomic E-state index is 0.0267. The number of fused-ring (bicyclic) bond motifs is 4. The largest absolute Gasteiger partial charge is 0.481 e. The Kier molecular flexibility index (Phi) is 4.97. The van der Waals surface area contributed by atoms with Gasteiger partial charge < -0.3 is 15.4 Å². The lowest BCUT2D eigenvalue weighted by atomic mass is 9.61. The highest BCUT2D eigenvalue weighted by Crippen LogP contribution is 2.46. The van der Waals surface area contributed by atoms with E-state index in [-0.39, 0.29) is 29.4 Å². The summed E-state index contributed by atoms with van der Waals surface area (Å²) in [7, 11) is 0. The van der Waals surface area contributed by atoms with Gasteiger partial charge >= 0.3 is 5.97 Å². The molecule has 8 nitrogen and oxygen atoms in total. The van der Waals surface area contributed by atoms with Crippen LogP contribution in [0.3, 0.4) is 0 Å². The van der Waals surface area contributed by atoms with Crippen molar-refractivity contribution in [3.8, 4) is 22.6 Å². The van der Waals surface area contributed by atoms with Crippen molar-refractivity contribution in [1.82, 2.24) is 24.9 Å². The van der Waals surface area contributed by atoms with Gasteiger partial charge in [-0.3, -0.25) is 4.79 Å². The zero-order valence-corrected chi connectivity index (χ0v) is 18.3. The average Bonchev–Trinajstić information content (AvgIpc) is 3.30. The van der Waals surface area contributed by atoms with E-state index in [9.17, 15) is 9.90 Å². The molecule has 34 heavy (non-hydrogen) atoms. The molecule has 3 aliphatic rings. The number of nitrogens with one attached hydrogen (secondary N) is 2. The first-order valence-corrected chi connectivity index (χ1v) is 11.5. The molecule has 3 N–H and O–H groups in total. The lowest BCUT2D eigenvalue weighted by Crippen LogP contribution is -2.51. The molecule has 2 bridgehead atoms. The Bertz CT molecular complexity index is 1370. The minimum Gasteiger partial charge on any atom is -0.481 e. The Morgan fingerprint density at radius 1 is 1.09 bits per heavy atom. The van der Waals surface area contributed by atoms with Crippen molar-refractivity contribution in [2.75, 3.05) is 5.32 Å². The number of hydrogen-bond donors (Lipinski definition) is 3. The van der Waals surface area contributed by atoms with Gasteiger partial charge in [0.15, 0.2) is 17.5 Å². The smallest absolute Gasteiger partial charge is 0.308 e. The van der Waals surface area contributed by atoms with Crippen LogP contribution in [0, 0.1) is 23.6 Å². The SMILES string of the molecule is O=C(O)C1C2CCC(CC2)C1Nc1nc(-c2c[nH]c3ncncc23)nc(-c2ccccc2)c1F. The van der Waals surface area contributed by atoms with Gasteiger partial charge in [-0.05, 0) is 37.5 Å². The Balaban J connectivity index is 1.49. The van der Waals surface area contributed by atoms with Crippen LogP contribution in [0.15, 0.2) is 49.1 Å². The fraction of sp³-hybridized carbons (Fsp3) is 0.320. The van der Waals surface area contributed by atoms with E-state index in [2.05, 4.69) is 30.2 Å². The highest BCUT2D eigenvalue weighted by Gasteiger charge is 2.47. The first-order valence-electron chi connectivity index (χ1n) is 11.5. The third-order valence-corrected chi connectivity index (χ3v) is 7.30. The molecule has 4 aromatic rings. The molecular formula is C25H23FN6O2. The standard InChI is InChI=1S/C25H23FN6O2/c26-19-21(14-4-2-1-3-5-14)31-23(17-11-28-22-16(17)10-27-12-29-22)32-24(19)30-20-15-8-6-13(7-9-15)18(20)25(33)34/h1-5,10-13,15,18,20H,6-9H2,(H,33,34)(H,27,28,29)(H,30,31,32). The summed E-state index contributed by atoms with van der Waals surface area (Å²) in [5.41, 5.74) is 2.05. The molecule has 1 aromatic carbocycles. The summed E-state index contributed by atoms with van der Waals surface area (Å²) >= 11 is 0. The molecule has 3 heterocycles. The van der Waals surface area contributed by atoms with Crippen molar-refractivity contribution < 1.29 is 14.3 Å². The molecular weight excluding hydrogens is 435 g/mol. The summed E-state index contributed by atoms with van der Waals surface area (Å²) < 4.78 is 15.9. The number of nitrogens with zero attached hydrogens (tertiary/aromatic N) is 4. The van der Waals surface area contributed by atoms with Gasteiger partial charge in [0.25, 0.3) is 0 Å². The molecule has 2 atom stereocenters. The van der Waals surface area contributed by atoms with E-state index in [1.54, 1.807) is 24.5 Å². The molecule has 172 valence electrons. The van der Waals surface area contributed by atoms with Crippen molar-refractivity contribution in [3.63, 3.8) is 0 Å². The van der Waals surface area contributed by atoms with Gasteiger partial charge in [-0.25, -0.2) is 24.3 Å². The molecule has 9 heteroatoms. The summed E-state index contributed by atoms with van der Waals surface area (Å²) in [5.74, 6) is -1.37. The first kappa shape index (κ1) is 20.7. The lowest BCUT2D eigenvalue weighted by molar-refractivity contribution is -0.148. The highest BCUT2D eigenvalue weighted by atomic mass is 19.1. The zero-order chi connectivity index (χ0) is 23.2. The summed E-state index contributed by atoms with van der Waals surface area (Å²) in [6, 6.07) is 8.71. The van der Waals surface area contributed by atoms with Gasteiger partial charge in [0.2, 0.25) is 0 Å². The Morgan fingerprint density at radius 3 is 2.62 bits per heavy atom. The van der Waals surface area contributed by atoms with Crippen molar-refractivity contribution in [3.05, 3.63) is 54.9 Å². The van der Waals surface area contributed by atoms with Gasteiger partial charge in [0.1, 0.15) is 17.7 Å². The van der Waals surface area contributed by atoms with Crippen molar-refractivity contribution >= 4 is 22.8 Å². The van der Waals surface area contributed by atoms with Gasteiger partial charge in [-0.15, -0.1) is 0 Å². The predicted octanol–water partition coefficient (Wildman–Crippen LogP) is 4.52. The number of rotatable bonds is 5. The fourth-order valence-electron chi connectivity index (χ4n) is 5.67. The van der Waals surface area contributed by atoms with E-state index in [0.29, 0.717) is 22.6 Å². The van der Waals surface area contributed by atoms with Crippen LogP contribution in [0.2, 0.25) is 0 Å². The zero-order valence-electron chi connectivity index (χ0n) is 18.3. The fourth-order valence-corrected chi connectivity index (χ4v) is 5.67. The number of H-pyrrole nitrogens is 1. The molecule has 3 aliphatic carbocycles. The number of aromatic amines is 1. The van der Waals surface area contributed by atoms with Crippen LogP contribution in [0.4, 0.5) is 10.2 Å². The molecule has 3 aromatic heterocycles. The second kappa shape index (κ2) is 8.16. The maximum Gasteiger partial charge on any atom is 0.308 e. The summed E-state index contributed by atoms with van der Waals surface area (Å²) in [6.45, 7) is 0. The third kappa shape index (κ3) is 3.39. The molecule has 0 radical (unpaired) electrons. The minimum atomic E-state index is -0.835. The van der Waals surface area contributed by atoms with Gasteiger partial charge in [0.05, 0.1) is 5.92 Å². The number of aromatic nitrogens is 5. The quantitative estimate of drug-likeness (QED) is 0.402. The summed E-state index contributed by atoms with van der Waals surface area (Å²) in [4.78, 5) is 32.7. The number of carboxylic acid groups (broad SMARTS) is 1. The van der Waals surface area contributed by atoms with Crippen LogP contribution < -0.4 is 5.32 Å². The normalized spacial score (nSPS) is 23.8. The van der Waals surface area contributed by atoms with Crippen LogP contribution in [-0.2, 0) is 4.79 Å². The summed E-state index contributed by atoms with van der Waals surface area (Å²) in [6.07, 6.45) is 8.53. The van der Waals surface area contributed by atoms with Crippen molar-refractivity contribution in [1.29, 1.82) is 0 Å². The Morgan fingerprint density at radius 2 is 1.85 bits per heavy atom. The van der Waals surface area contributed by atoms with Gasteiger partial charge in [0, 0.05) is 34.9 Å². The maximum absolute atomic E-state index is 15.9. The number of aliphatic carboxylic acids is 1. The molecule has 0 spiro atoms. The van der Waals surface area contributed by atoms with E-state index in [1.807, 2.05) is 18.2 Å². The van der Waals surface area contributed by atoms with Crippen molar-refractivity contribution in [2.45, 2.75) is 31.7 Å². The average molecular weight is 458 g/mol. The number of carboxylic acids is 1. The molecule has 0 amide bonds. The van der Waals surface area contributed by atoms with E-state index in [4.69, 9.17) is 0 Å². The second-order valence-electron chi connectivity index (χ2n) is 9.12. The number of halogens is 1. The predicted molar refractivity (Wildman–Crippen MR) is 124 cm³/mol. The number of anilines is 1. The van der Waals surface area contributed by atoms with Crippen LogP contribution >= 0.6 is 0 Å². The van der Waals surface area contributed by atoms with E-state index >= 15 is 4.39 Å². The number of benzene rings is 1. The van der Waals surface area contributed by atoms with Crippen molar-refractivity contribution in [2.24, 2.45) is 17.8 Å². The number of carbonyl (C=O) groups is 1. The van der Waals surface area contributed by atoms with Gasteiger partial charge in [-0.1, -0.05) is 30.3 Å². The summed E-state index contributed by atoms with van der Waals surface area (Å²) in [5, 5.41) is 13.9. The van der Waals surface area contributed by atoms with Crippen LogP contribution in [0.5, 0.6) is 0 Å². The molecule has 0 saturated heterocycles. The Hall–Kier alpha value is -3.88. The topological polar surface area (TPSA) is 117 Å². The molecule has 3 saturated carbocycles. The monoisotopic (exact) mass is 458 g/mol. The van der Waals surface area contributed by atoms with Gasteiger partial charge in [-0.2, -0.15) is 0 Å². The Labute approximate surface area is 194 Å². The first-order chi connectivity index (χ1) is 16.6. The van der Waals surface area contributed by atoms with Crippen LogP contribution in [0.25, 0.3) is 33.7 Å². The molecule has 7 rings (SSSR count). The van der Waals surface area contributed by atoms with Crippen LogP contribution in [0.1, 0.15) is 25.7 Å².